The molecule has 1 fully saturated rings. The second-order valence-electron chi connectivity index (χ2n) is 4.47. The molecule has 1 aromatic heterocycles. The van der Waals surface area contributed by atoms with Gasteiger partial charge in [-0.2, -0.15) is 0 Å². The highest BCUT2D eigenvalue weighted by Crippen LogP contribution is 2.39. The molecule has 3 nitrogen and oxygen atoms in total. The van der Waals surface area contributed by atoms with Crippen LogP contribution >= 0.6 is 0 Å². The van der Waals surface area contributed by atoms with E-state index >= 15 is 0 Å². The van der Waals surface area contributed by atoms with Crippen molar-refractivity contribution in [1.82, 2.24) is 9.55 Å². The number of imidazole rings is 1. The van der Waals surface area contributed by atoms with Crippen molar-refractivity contribution in [1.29, 1.82) is 0 Å². The van der Waals surface area contributed by atoms with E-state index < -0.39 is 0 Å². The molecule has 1 aliphatic carbocycles. The van der Waals surface area contributed by atoms with Crippen molar-refractivity contribution < 1.29 is 4.39 Å². The van der Waals surface area contributed by atoms with Crippen molar-refractivity contribution in [2.24, 2.45) is 5.73 Å². The van der Waals surface area contributed by atoms with E-state index in [1.807, 2.05) is 13.0 Å². The van der Waals surface area contributed by atoms with Crippen LogP contribution in [0.2, 0.25) is 0 Å². The molecule has 16 heavy (non-hydrogen) atoms. The number of rotatable bonds is 2. The first-order valence-corrected chi connectivity index (χ1v) is 5.60. The van der Waals surface area contributed by atoms with Gasteiger partial charge in [0.25, 0.3) is 0 Å². The van der Waals surface area contributed by atoms with Crippen molar-refractivity contribution in [3.8, 4) is 0 Å². The fourth-order valence-corrected chi connectivity index (χ4v) is 2.14. The summed E-state index contributed by atoms with van der Waals surface area (Å²) in [7, 11) is 0. The fourth-order valence-electron chi connectivity index (χ4n) is 2.14. The van der Waals surface area contributed by atoms with E-state index in [1.54, 1.807) is 6.07 Å². The average molecular weight is 219 g/mol. The molecule has 1 aliphatic rings. The van der Waals surface area contributed by atoms with Gasteiger partial charge in [-0.3, -0.25) is 0 Å². The molecule has 0 radical (unpaired) electrons. The molecular formula is C12H14FN3. The van der Waals surface area contributed by atoms with Crippen LogP contribution in [0.5, 0.6) is 0 Å². The second kappa shape index (κ2) is 3.28. The van der Waals surface area contributed by atoms with Gasteiger partial charge in [0.05, 0.1) is 11.6 Å². The molecule has 0 saturated heterocycles. The third kappa shape index (κ3) is 1.33. The van der Waals surface area contributed by atoms with Crippen LogP contribution in [0.1, 0.15) is 37.7 Å². The quantitative estimate of drug-likeness (QED) is 0.843. The predicted molar refractivity (Wildman–Crippen MR) is 60.6 cm³/mol. The molecule has 0 bridgehead atoms. The maximum absolute atomic E-state index is 13.6. The number of halogens is 1. The summed E-state index contributed by atoms with van der Waals surface area (Å²) in [6.45, 7) is 1.89. The number of benzene rings is 1. The van der Waals surface area contributed by atoms with E-state index in [0.29, 0.717) is 11.6 Å². The Morgan fingerprint density at radius 1 is 1.50 bits per heavy atom. The fraction of sp³-hybridized carbons (Fsp3) is 0.417. The summed E-state index contributed by atoms with van der Waals surface area (Å²) in [6, 6.07) is 5.39. The number of nitrogens with two attached hydrogens (primary N) is 1. The SMILES string of the molecule is CC(N)c1nc2c(F)cccc2n1C1CC1. The van der Waals surface area contributed by atoms with Gasteiger partial charge in [0.15, 0.2) is 5.82 Å². The number of fused-ring (bicyclic) bond motifs is 1. The standard InChI is InChI=1S/C12H14FN3/c1-7(14)12-15-11-9(13)3-2-4-10(11)16(12)8-5-6-8/h2-4,7-8H,5-6,14H2,1H3. The summed E-state index contributed by atoms with van der Waals surface area (Å²) in [5.41, 5.74) is 7.20. The minimum atomic E-state index is -0.265. The van der Waals surface area contributed by atoms with Gasteiger partial charge in [0.2, 0.25) is 0 Å². The van der Waals surface area contributed by atoms with E-state index in [2.05, 4.69) is 9.55 Å². The van der Waals surface area contributed by atoms with Gasteiger partial charge >= 0.3 is 0 Å². The van der Waals surface area contributed by atoms with Crippen molar-refractivity contribution >= 4 is 11.0 Å². The van der Waals surface area contributed by atoms with Gasteiger partial charge in [-0.15, -0.1) is 0 Å². The van der Waals surface area contributed by atoms with E-state index in [0.717, 1.165) is 24.2 Å². The van der Waals surface area contributed by atoms with Crippen molar-refractivity contribution in [3.63, 3.8) is 0 Å². The summed E-state index contributed by atoms with van der Waals surface area (Å²) in [5.74, 6) is 0.529. The summed E-state index contributed by atoms with van der Waals surface area (Å²) >= 11 is 0. The van der Waals surface area contributed by atoms with Crippen LogP contribution in [-0.4, -0.2) is 9.55 Å². The van der Waals surface area contributed by atoms with Gasteiger partial charge in [0, 0.05) is 6.04 Å². The normalized spacial score (nSPS) is 17.9. The zero-order chi connectivity index (χ0) is 11.3. The molecule has 2 N–H and O–H groups in total. The van der Waals surface area contributed by atoms with E-state index in [-0.39, 0.29) is 11.9 Å². The highest BCUT2D eigenvalue weighted by atomic mass is 19.1. The molecule has 4 heteroatoms. The topological polar surface area (TPSA) is 43.8 Å². The zero-order valence-electron chi connectivity index (χ0n) is 9.15. The Morgan fingerprint density at radius 2 is 2.25 bits per heavy atom. The van der Waals surface area contributed by atoms with Gasteiger partial charge in [-0.25, -0.2) is 9.37 Å². The van der Waals surface area contributed by atoms with Crippen LogP contribution in [-0.2, 0) is 0 Å². The molecular weight excluding hydrogens is 205 g/mol. The molecule has 2 aromatic rings. The van der Waals surface area contributed by atoms with Gasteiger partial charge in [-0.1, -0.05) is 6.07 Å². The Balaban J connectivity index is 2.32. The molecule has 1 unspecified atom stereocenters. The van der Waals surface area contributed by atoms with E-state index in [1.165, 1.54) is 6.07 Å². The lowest BCUT2D eigenvalue weighted by molar-refractivity contribution is 0.633. The predicted octanol–water partition coefficient (Wildman–Crippen LogP) is 2.53. The number of para-hydroxylation sites is 1. The number of nitrogens with zero attached hydrogens (tertiary/aromatic N) is 2. The zero-order valence-corrected chi connectivity index (χ0v) is 9.15. The Bertz CT molecular complexity index is 540. The van der Waals surface area contributed by atoms with Gasteiger partial charge < -0.3 is 10.3 Å². The van der Waals surface area contributed by atoms with Crippen LogP contribution in [0.4, 0.5) is 4.39 Å². The van der Waals surface area contributed by atoms with Gasteiger partial charge in [-0.05, 0) is 31.9 Å². The Labute approximate surface area is 93.1 Å². The monoisotopic (exact) mass is 219 g/mol. The summed E-state index contributed by atoms with van der Waals surface area (Å²) < 4.78 is 15.7. The first kappa shape index (κ1) is 9.78. The highest BCUT2D eigenvalue weighted by Gasteiger charge is 2.29. The van der Waals surface area contributed by atoms with Crippen LogP contribution in [0.3, 0.4) is 0 Å². The largest absolute Gasteiger partial charge is 0.323 e. The maximum atomic E-state index is 13.6. The number of hydrogen-bond acceptors (Lipinski definition) is 2. The van der Waals surface area contributed by atoms with E-state index in [9.17, 15) is 4.39 Å². The second-order valence-corrected chi connectivity index (χ2v) is 4.47. The van der Waals surface area contributed by atoms with Crippen molar-refractivity contribution in [2.75, 3.05) is 0 Å². The van der Waals surface area contributed by atoms with Crippen molar-refractivity contribution in [3.05, 3.63) is 29.8 Å². The van der Waals surface area contributed by atoms with Crippen LogP contribution in [0.15, 0.2) is 18.2 Å². The first-order chi connectivity index (χ1) is 7.68. The average Bonchev–Trinajstić information content (AvgIpc) is 2.99. The summed E-state index contributed by atoms with van der Waals surface area (Å²) in [5, 5.41) is 0. The third-order valence-electron chi connectivity index (χ3n) is 3.02. The van der Waals surface area contributed by atoms with E-state index in [4.69, 9.17) is 5.73 Å². The smallest absolute Gasteiger partial charge is 0.151 e. The van der Waals surface area contributed by atoms with Crippen molar-refractivity contribution in [2.45, 2.75) is 31.8 Å². The Kier molecular flexibility index (Phi) is 2.01. The molecule has 0 amide bonds. The number of hydrogen-bond donors (Lipinski definition) is 1. The Morgan fingerprint density at radius 3 is 2.88 bits per heavy atom. The maximum Gasteiger partial charge on any atom is 0.151 e. The lowest BCUT2D eigenvalue weighted by Crippen LogP contribution is -2.12. The summed E-state index contributed by atoms with van der Waals surface area (Å²) in [4.78, 5) is 4.34. The molecule has 1 aromatic carbocycles. The molecule has 0 spiro atoms. The lowest BCUT2D eigenvalue weighted by Gasteiger charge is -2.09. The van der Waals surface area contributed by atoms with Gasteiger partial charge in [0.1, 0.15) is 11.3 Å². The minimum Gasteiger partial charge on any atom is -0.323 e. The first-order valence-electron chi connectivity index (χ1n) is 5.60. The molecule has 1 saturated carbocycles. The van der Waals surface area contributed by atoms with Crippen LogP contribution < -0.4 is 5.73 Å². The number of aromatic nitrogens is 2. The highest BCUT2D eigenvalue weighted by molar-refractivity contribution is 5.77. The molecule has 1 heterocycles. The van der Waals surface area contributed by atoms with Crippen LogP contribution in [0, 0.1) is 5.82 Å². The van der Waals surface area contributed by atoms with Crippen LogP contribution in [0.25, 0.3) is 11.0 Å². The minimum absolute atomic E-state index is 0.160. The molecule has 84 valence electrons. The summed E-state index contributed by atoms with van der Waals surface area (Å²) in [6.07, 6.45) is 2.28. The molecule has 3 rings (SSSR count). The molecule has 0 aliphatic heterocycles. The lowest BCUT2D eigenvalue weighted by atomic mass is 10.3. The Hall–Kier alpha value is -1.42. The molecule has 1 atom stereocenters. The third-order valence-corrected chi connectivity index (χ3v) is 3.02.